The maximum absolute atomic E-state index is 12.7. The number of hydrogen-bond donors (Lipinski definition) is 4. The van der Waals surface area contributed by atoms with E-state index in [1.54, 1.807) is 0 Å². The van der Waals surface area contributed by atoms with Gasteiger partial charge in [0.2, 0.25) is 0 Å². The van der Waals surface area contributed by atoms with Gasteiger partial charge < -0.3 is 34.0 Å². The van der Waals surface area contributed by atoms with E-state index in [9.17, 15) is 28.7 Å². The topological polar surface area (TPSA) is 208 Å². The first kappa shape index (κ1) is 63.3. The number of phosphoric acid groups is 2. The van der Waals surface area contributed by atoms with Crippen molar-refractivity contribution < 1.29 is 66.3 Å². The molecule has 16 heteroatoms. The number of phosphoric ester groups is 2. The van der Waals surface area contributed by atoms with Crippen molar-refractivity contribution >= 4 is 27.6 Å². The molecule has 1 saturated heterocycles. The average Bonchev–Trinajstić information content (AvgIpc) is 4.05. The summed E-state index contributed by atoms with van der Waals surface area (Å²) in [5.74, 6) is -0.213. The number of carbonyl (C=O) groups excluding carboxylic acids is 2. The Balaban J connectivity index is 2.30. The number of rotatable bonds is 48. The van der Waals surface area contributed by atoms with E-state index >= 15 is 0 Å². The van der Waals surface area contributed by atoms with Crippen LogP contribution in [0.2, 0.25) is 0 Å². The fraction of sp³-hybridized carbons (Fsp3) is 0.843. The number of esters is 2. The van der Waals surface area contributed by atoms with Gasteiger partial charge in [-0.2, -0.15) is 0 Å². The van der Waals surface area contributed by atoms with Gasteiger partial charge in [-0.25, -0.2) is 9.13 Å². The minimum absolute atomic E-state index is 0.0489. The number of ether oxygens (including phenoxy) is 3. The van der Waals surface area contributed by atoms with Crippen LogP contribution in [-0.2, 0) is 46.5 Å². The molecule has 67 heavy (non-hydrogen) atoms. The highest BCUT2D eigenvalue weighted by Crippen LogP contribution is 2.44. The molecule has 0 aliphatic carbocycles. The van der Waals surface area contributed by atoms with Gasteiger partial charge in [0.25, 0.3) is 0 Å². The Labute approximate surface area is 405 Å². The molecule has 0 bridgehead atoms. The van der Waals surface area contributed by atoms with Crippen molar-refractivity contribution in [3.63, 3.8) is 0 Å². The van der Waals surface area contributed by atoms with Crippen LogP contribution in [0.3, 0.4) is 0 Å². The monoisotopic (exact) mass is 993 g/mol. The lowest BCUT2D eigenvalue weighted by Gasteiger charge is -2.20. The highest BCUT2D eigenvalue weighted by atomic mass is 31.2. The predicted molar refractivity (Wildman–Crippen MR) is 266 cm³/mol. The van der Waals surface area contributed by atoms with Gasteiger partial charge in [-0.05, 0) is 57.3 Å². The summed E-state index contributed by atoms with van der Waals surface area (Å²) in [4.78, 5) is 53.0. The van der Waals surface area contributed by atoms with Gasteiger partial charge in [0.15, 0.2) is 6.10 Å². The Hall–Kier alpha value is -1.70. The van der Waals surface area contributed by atoms with Crippen LogP contribution in [0.5, 0.6) is 0 Å². The maximum atomic E-state index is 12.7. The lowest BCUT2D eigenvalue weighted by Crippen LogP contribution is -2.29. The first-order valence-electron chi connectivity index (χ1n) is 26.2. The molecule has 6 atom stereocenters. The van der Waals surface area contributed by atoms with Crippen LogP contribution in [-0.4, -0.2) is 82.6 Å². The van der Waals surface area contributed by atoms with E-state index in [4.69, 9.17) is 33.0 Å². The Bertz CT molecular complexity index is 1400. The summed E-state index contributed by atoms with van der Waals surface area (Å²) in [5, 5.41) is 9.79. The van der Waals surface area contributed by atoms with E-state index in [0.29, 0.717) is 19.3 Å². The molecule has 1 rings (SSSR count). The summed E-state index contributed by atoms with van der Waals surface area (Å²) in [7, 11) is -9.71. The minimum Gasteiger partial charge on any atom is -0.462 e. The van der Waals surface area contributed by atoms with Crippen molar-refractivity contribution in [1.82, 2.24) is 0 Å². The van der Waals surface area contributed by atoms with Crippen molar-refractivity contribution in [3.05, 3.63) is 36.5 Å². The standard InChI is InChI=1S/C51H94O14P2/c1-4-6-7-8-9-20-24-27-32-37-48-49(65-48)38-33-29-30-35-40-51(54)64-47(44-63-67(58,59)62-42-46(52)41-61-66(55,56)57)43-60-50(53)39-34-28-25-22-19-17-15-13-11-10-12-14-16-18-21-23-26-31-36-45(3)5-2/h9,20,27,29,32-33,45-49,52H,4-8,10-19,21-26,28,30-31,34-44H2,1-3H3,(H,58,59)(H2,55,56,57)/b20-9-,32-27-,33-29-/t45?,46-,47+,48?,49?/m0/s1. The van der Waals surface area contributed by atoms with Gasteiger partial charge in [0.1, 0.15) is 12.7 Å². The zero-order valence-electron chi connectivity index (χ0n) is 41.9. The molecule has 0 aromatic rings. The van der Waals surface area contributed by atoms with Crippen LogP contribution in [0.4, 0.5) is 0 Å². The number of aliphatic hydroxyl groups is 1. The molecule has 1 aliphatic heterocycles. The molecular weight excluding hydrogens is 898 g/mol. The second-order valence-electron chi connectivity index (χ2n) is 18.4. The van der Waals surface area contributed by atoms with Crippen LogP contribution < -0.4 is 0 Å². The highest BCUT2D eigenvalue weighted by molar-refractivity contribution is 7.47. The van der Waals surface area contributed by atoms with Gasteiger partial charge in [0, 0.05) is 12.8 Å². The van der Waals surface area contributed by atoms with Gasteiger partial charge in [0.05, 0.1) is 32.0 Å². The molecule has 0 saturated carbocycles. The zero-order valence-corrected chi connectivity index (χ0v) is 43.7. The first-order chi connectivity index (χ1) is 32.2. The van der Waals surface area contributed by atoms with Crippen molar-refractivity contribution in [1.29, 1.82) is 0 Å². The van der Waals surface area contributed by atoms with Crippen LogP contribution >= 0.6 is 15.6 Å². The first-order valence-corrected chi connectivity index (χ1v) is 29.2. The van der Waals surface area contributed by atoms with E-state index in [-0.39, 0.29) is 25.0 Å². The van der Waals surface area contributed by atoms with Crippen molar-refractivity contribution in [2.75, 3.05) is 26.4 Å². The molecule has 4 unspecified atom stereocenters. The summed E-state index contributed by atoms with van der Waals surface area (Å²) in [6.07, 6.45) is 44.4. The lowest BCUT2D eigenvalue weighted by molar-refractivity contribution is -0.161. The quantitative estimate of drug-likeness (QED) is 0.0147. The molecule has 1 aliphatic rings. The van der Waals surface area contributed by atoms with Gasteiger partial charge >= 0.3 is 27.6 Å². The zero-order chi connectivity index (χ0) is 49.3. The maximum Gasteiger partial charge on any atom is 0.472 e. The molecule has 0 aromatic carbocycles. The van der Waals surface area contributed by atoms with Crippen LogP contribution in [0.15, 0.2) is 36.5 Å². The molecule has 1 fully saturated rings. The number of allylic oxidation sites excluding steroid dienone is 4. The van der Waals surface area contributed by atoms with Crippen LogP contribution in [0.25, 0.3) is 0 Å². The fourth-order valence-corrected chi connectivity index (χ4v) is 8.63. The van der Waals surface area contributed by atoms with E-state index in [2.05, 4.69) is 49.6 Å². The Morgan fingerprint density at radius 3 is 1.61 bits per heavy atom. The largest absolute Gasteiger partial charge is 0.472 e. The Morgan fingerprint density at radius 2 is 1.04 bits per heavy atom. The average molecular weight is 993 g/mol. The lowest BCUT2D eigenvalue weighted by atomic mass is 9.99. The number of aliphatic hydroxyl groups excluding tert-OH is 1. The van der Waals surface area contributed by atoms with Gasteiger partial charge in [-0.1, -0.05) is 192 Å². The number of epoxide rings is 1. The molecule has 1 heterocycles. The Morgan fingerprint density at radius 1 is 0.567 bits per heavy atom. The molecule has 0 spiro atoms. The Kier molecular flexibility index (Phi) is 39.7. The van der Waals surface area contributed by atoms with E-state index < -0.39 is 66.2 Å². The number of unbranched alkanes of at least 4 members (excludes halogenated alkanes) is 21. The molecule has 392 valence electrons. The molecule has 0 aromatic heterocycles. The van der Waals surface area contributed by atoms with Gasteiger partial charge in [-0.15, -0.1) is 0 Å². The van der Waals surface area contributed by atoms with E-state index in [1.165, 1.54) is 122 Å². The van der Waals surface area contributed by atoms with E-state index in [0.717, 1.165) is 50.9 Å². The van der Waals surface area contributed by atoms with Crippen molar-refractivity contribution in [2.24, 2.45) is 5.92 Å². The number of hydrogen-bond acceptors (Lipinski definition) is 11. The number of carbonyl (C=O) groups is 2. The minimum atomic E-state index is -4.88. The normalized spacial score (nSPS) is 17.6. The summed E-state index contributed by atoms with van der Waals surface area (Å²) in [6.45, 7) is 4.08. The van der Waals surface area contributed by atoms with E-state index in [1.807, 2.05) is 12.2 Å². The summed E-state index contributed by atoms with van der Waals surface area (Å²) >= 11 is 0. The predicted octanol–water partition coefficient (Wildman–Crippen LogP) is 13.3. The van der Waals surface area contributed by atoms with Crippen LogP contribution in [0, 0.1) is 5.92 Å². The summed E-state index contributed by atoms with van der Waals surface area (Å²) in [5.41, 5.74) is 0. The third-order valence-electron chi connectivity index (χ3n) is 12.0. The van der Waals surface area contributed by atoms with Crippen LogP contribution in [0.1, 0.15) is 220 Å². The second-order valence-corrected chi connectivity index (χ2v) is 21.1. The highest BCUT2D eigenvalue weighted by Gasteiger charge is 2.36. The fourth-order valence-electron chi connectivity index (χ4n) is 7.48. The van der Waals surface area contributed by atoms with Gasteiger partial charge in [-0.3, -0.25) is 23.2 Å². The third kappa shape index (κ3) is 42.9. The van der Waals surface area contributed by atoms with Crippen molar-refractivity contribution in [2.45, 2.75) is 244 Å². The summed E-state index contributed by atoms with van der Waals surface area (Å²) in [6, 6.07) is 0. The molecule has 0 radical (unpaired) electrons. The summed E-state index contributed by atoms with van der Waals surface area (Å²) < 4.78 is 53.7. The molecule has 0 amide bonds. The third-order valence-corrected chi connectivity index (χ3v) is 13.4. The molecule has 14 nitrogen and oxygen atoms in total. The smallest absolute Gasteiger partial charge is 0.462 e. The molecular formula is C51H94O14P2. The van der Waals surface area contributed by atoms with Crippen molar-refractivity contribution in [3.8, 4) is 0 Å². The molecule has 4 N–H and O–H groups in total. The SMILES string of the molecule is CCCCC/C=C\C/C=C\CC1OC1C/C=C\CCCC(=O)O[C@H](COC(=O)CCCCCCCCCCCCCCCCCCCCC(C)CC)COP(=O)(O)OC[C@@H](O)COP(=O)(O)O. The second kappa shape index (κ2) is 42.0.